The minimum Gasteiger partial charge on any atom is -0.381 e. The van der Waals surface area contributed by atoms with Crippen molar-refractivity contribution in [1.29, 1.82) is 0 Å². The Morgan fingerprint density at radius 1 is 0.552 bits per heavy atom. The summed E-state index contributed by atoms with van der Waals surface area (Å²) in [6.07, 6.45) is 5.96. The normalized spacial score (nSPS) is 12.8. The van der Waals surface area contributed by atoms with Crippen LogP contribution in [0, 0.1) is 0 Å². The topological polar surface area (TPSA) is 18.5 Å². The molecule has 0 aromatic heterocycles. The van der Waals surface area contributed by atoms with Crippen LogP contribution in [0.2, 0.25) is 0 Å². The third kappa shape index (κ3) is 18.1. The van der Waals surface area contributed by atoms with Crippen LogP contribution in [0.25, 0.3) is 0 Å². The second-order valence-corrected chi connectivity index (χ2v) is 8.08. The molecule has 0 unspecified atom stereocenters. The van der Waals surface area contributed by atoms with E-state index in [0.717, 1.165) is 58.3 Å². The number of hydrogen-bond donors (Lipinski definition) is 0. The van der Waals surface area contributed by atoms with Gasteiger partial charge in [0.2, 0.25) is 0 Å². The molecule has 0 saturated heterocycles. The van der Waals surface area contributed by atoms with Gasteiger partial charge in [0.05, 0.1) is 6.10 Å². The van der Waals surface area contributed by atoms with E-state index >= 15 is 0 Å². The van der Waals surface area contributed by atoms with Crippen LogP contribution in [-0.2, 0) is 9.47 Å². The Morgan fingerprint density at radius 2 is 0.966 bits per heavy atom. The van der Waals surface area contributed by atoms with Crippen molar-refractivity contribution in [3.05, 3.63) is 0 Å². The van der Waals surface area contributed by atoms with Crippen LogP contribution in [0.3, 0.4) is 0 Å². The van der Waals surface area contributed by atoms with Gasteiger partial charge in [-0.15, -0.1) is 0 Å². The first-order valence-electron chi connectivity index (χ1n) is 11.3. The lowest BCUT2D eigenvalue weighted by molar-refractivity contribution is -0.284. The number of rotatable bonds is 20. The van der Waals surface area contributed by atoms with E-state index in [2.05, 4.69) is 0 Å². The molecule has 0 spiro atoms. The molecule has 0 N–H and O–H groups in total. The maximum Gasteiger partial charge on any atom is 0.453 e. The molecule has 0 bridgehead atoms. The van der Waals surface area contributed by atoms with Crippen molar-refractivity contribution < 1.29 is 31.4 Å². The predicted molar refractivity (Wildman–Crippen MR) is 108 cm³/mol. The van der Waals surface area contributed by atoms with Gasteiger partial charge in [-0.1, -0.05) is 64.2 Å². The Kier molecular flexibility index (Phi) is 17.0. The molecule has 0 aliphatic carbocycles. The van der Waals surface area contributed by atoms with Crippen molar-refractivity contribution in [2.45, 2.75) is 122 Å². The van der Waals surface area contributed by atoms with E-state index in [0.29, 0.717) is 6.42 Å². The van der Waals surface area contributed by atoms with Crippen molar-refractivity contribution in [2.24, 2.45) is 0 Å². The zero-order valence-corrected chi connectivity index (χ0v) is 18.3. The highest BCUT2D eigenvalue weighted by Gasteiger charge is 2.56. The summed E-state index contributed by atoms with van der Waals surface area (Å²) in [4.78, 5) is 0. The first kappa shape index (κ1) is 28.6. The van der Waals surface area contributed by atoms with E-state index in [1.165, 1.54) is 32.1 Å². The predicted octanol–water partition coefficient (Wildman–Crippen LogP) is 8.09. The summed E-state index contributed by atoms with van der Waals surface area (Å²) in [6.45, 7) is 6.39. The molecular formula is C22H41F5O2. The van der Waals surface area contributed by atoms with Crippen LogP contribution in [0.1, 0.15) is 104 Å². The van der Waals surface area contributed by atoms with Crippen molar-refractivity contribution in [1.82, 2.24) is 0 Å². The molecular weight excluding hydrogens is 391 g/mol. The largest absolute Gasteiger partial charge is 0.453 e. The fourth-order valence-corrected chi connectivity index (χ4v) is 3.04. The first-order chi connectivity index (χ1) is 13.7. The van der Waals surface area contributed by atoms with E-state index in [1.54, 1.807) is 0 Å². The van der Waals surface area contributed by atoms with E-state index < -0.39 is 18.5 Å². The molecule has 0 radical (unpaired) electrons. The third-order valence-corrected chi connectivity index (χ3v) is 4.83. The van der Waals surface area contributed by atoms with Crippen LogP contribution in [0.4, 0.5) is 22.0 Å². The maximum atomic E-state index is 12.7. The molecule has 176 valence electrons. The van der Waals surface area contributed by atoms with Gasteiger partial charge in [0.15, 0.2) is 0 Å². The SMILES string of the molecule is CC(C)OCCCOCCCCCCCCCCCCCCC(F)(F)C(F)(F)F. The van der Waals surface area contributed by atoms with Crippen LogP contribution in [0.15, 0.2) is 0 Å². The van der Waals surface area contributed by atoms with Gasteiger partial charge in [-0.3, -0.25) is 0 Å². The summed E-state index contributed by atoms with van der Waals surface area (Å²) in [6, 6.07) is 0. The summed E-state index contributed by atoms with van der Waals surface area (Å²) in [7, 11) is 0. The molecule has 0 rings (SSSR count). The van der Waals surface area contributed by atoms with Crippen LogP contribution < -0.4 is 0 Å². The van der Waals surface area contributed by atoms with Gasteiger partial charge >= 0.3 is 12.1 Å². The Balaban J connectivity index is 3.19. The Labute approximate surface area is 173 Å². The lowest BCUT2D eigenvalue weighted by atomic mass is 10.0. The number of ether oxygens (including phenoxy) is 2. The molecule has 2 nitrogen and oxygen atoms in total. The number of halogens is 5. The molecule has 0 atom stereocenters. The van der Waals surface area contributed by atoms with Crippen LogP contribution in [-0.4, -0.2) is 38.0 Å². The van der Waals surface area contributed by atoms with E-state index in [-0.39, 0.29) is 12.5 Å². The second-order valence-electron chi connectivity index (χ2n) is 8.08. The van der Waals surface area contributed by atoms with Gasteiger partial charge in [0.25, 0.3) is 0 Å². The maximum absolute atomic E-state index is 12.7. The smallest absolute Gasteiger partial charge is 0.381 e. The summed E-state index contributed by atoms with van der Waals surface area (Å²) >= 11 is 0. The fraction of sp³-hybridized carbons (Fsp3) is 1.00. The van der Waals surface area contributed by atoms with E-state index in [4.69, 9.17) is 9.47 Å². The summed E-state index contributed by atoms with van der Waals surface area (Å²) in [5.41, 5.74) is 0. The molecule has 0 fully saturated rings. The molecule has 0 saturated carbocycles. The Bertz CT molecular complexity index is 360. The molecule has 7 heteroatoms. The number of alkyl halides is 5. The highest BCUT2D eigenvalue weighted by atomic mass is 19.4. The average molecular weight is 433 g/mol. The van der Waals surface area contributed by atoms with Crippen LogP contribution in [0.5, 0.6) is 0 Å². The number of hydrogen-bond acceptors (Lipinski definition) is 2. The summed E-state index contributed by atoms with van der Waals surface area (Å²) < 4.78 is 72.5. The highest BCUT2D eigenvalue weighted by Crippen LogP contribution is 2.39. The molecule has 0 aliphatic heterocycles. The van der Waals surface area contributed by atoms with Gasteiger partial charge in [-0.25, -0.2) is 0 Å². The number of unbranched alkanes of at least 4 members (excludes halogenated alkanes) is 11. The van der Waals surface area contributed by atoms with Gasteiger partial charge in [-0.05, 0) is 33.1 Å². The quantitative estimate of drug-likeness (QED) is 0.143. The lowest BCUT2D eigenvalue weighted by Crippen LogP contribution is -2.36. The molecule has 0 amide bonds. The Morgan fingerprint density at radius 3 is 1.41 bits per heavy atom. The van der Waals surface area contributed by atoms with Gasteiger partial charge in [0.1, 0.15) is 0 Å². The van der Waals surface area contributed by atoms with Gasteiger partial charge in [-0.2, -0.15) is 22.0 Å². The zero-order chi connectivity index (χ0) is 22.0. The Hall–Kier alpha value is -0.430. The second kappa shape index (κ2) is 17.3. The summed E-state index contributed by atoms with van der Waals surface area (Å²) in [5.74, 6) is -4.54. The molecule has 0 aliphatic rings. The van der Waals surface area contributed by atoms with Crippen molar-refractivity contribution >= 4 is 0 Å². The minimum atomic E-state index is -5.41. The van der Waals surface area contributed by atoms with Crippen molar-refractivity contribution in [3.8, 4) is 0 Å². The molecule has 0 aromatic rings. The van der Waals surface area contributed by atoms with E-state index in [1.807, 2.05) is 13.8 Å². The van der Waals surface area contributed by atoms with Gasteiger partial charge < -0.3 is 9.47 Å². The third-order valence-electron chi connectivity index (χ3n) is 4.83. The monoisotopic (exact) mass is 432 g/mol. The molecule has 0 aromatic carbocycles. The highest BCUT2D eigenvalue weighted by molar-refractivity contribution is 4.75. The van der Waals surface area contributed by atoms with Crippen LogP contribution >= 0.6 is 0 Å². The average Bonchev–Trinajstić information content (AvgIpc) is 2.62. The van der Waals surface area contributed by atoms with Gasteiger partial charge in [0, 0.05) is 26.2 Å². The zero-order valence-electron chi connectivity index (χ0n) is 18.3. The molecule has 29 heavy (non-hydrogen) atoms. The lowest BCUT2D eigenvalue weighted by Gasteiger charge is -2.19. The minimum absolute atomic E-state index is 0.0675. The first-order valence-corrected chi connectivity index (χ1v) is 11.3. The van der Waals surface area contributed by atoms with E-state index in [9.17, 15) is 22.0 Å². The van der Waals surface area contributed by atoms with Crippen molar-refractivity contribution in [2.75, 3.05) is 19.8 Å². The standard InChI is InChI=1S/C22H41F5O2/c1-20(2)29-19-15-18-28-17-14-12-10-8-6-4-3-5-7-9-11-13-16-21(23,24)22(25,26)27/h20H,3-19H2,1-2H3. The van der Waals surface area contributed by atoms with Crippen molar-refractivity contribution in [3.63, 3.8) is 0 Å². The molecule has 0 heterocycles. The summed E-state index contributed by atoms with van der Waals surface area (Å²) in [5, 5.41) is 0. The fourth-order valence-electron chi connectivity index (χ4n) is 3.04.